The highest BCUT2D eigenvalue weighted by Gasteiger charge is 2.16. The lowest BCUT2D eigenvalue weighted by atomic mass is 10.2. The van der Waals surface area contributed by atoms with E-state index in [-0.39, 0.29) is 10.8 Å². The molecule has 0 aromatic heterocycles. The fourth-order valence-corrected chi connectivity index (χ4v) is 1.42. The van der Waals surface area contributed by atoms with Gasteiger partial charge in [-0.05, 0) is 25.7 Å². The molecule has 2 N–H and O–H groups in total. The second kappa shape index (κ2) is 6.55. The summed E-state index contributed by atoms with van der Waals surface area (Å²) in [4.78, 5) is 11.5. The maximum absolute atomic E-state index is 11.5. The molecule has 0 aliphatic rings. The Balaban J connectivity index is 2.27. The van der Waals surface area contributed by atoms with Crippen LogP contribution in [0.5, 0.6) is 0 Å². The Bertz CT molecular complexity index is 352. The summed E-state index contributed by atoms with van der Waals surface area (Å²) in [6.07, 6.45) is 2.05. The second-order valence-electron chi connectivity index (χ2n) is 4.49. The van der Waals surface area contributed by atoms with Crippen LogP contribution >= 0.6 is 11.8 Å². The van der Waals surface area contributed by atoms with E-state index in [0.717, 1.165) is 5.56 Å². The molecule has 0 fully saturated rings. The maximum atomic E-state index is 11.5. The molecular formula is C13H20N2OS. The molecule has 17 heavy (non-hydrogen) atoms. The number of carbonyl (C=O) groups is 1. The van der Waals surface area contributed by atoms with Crippen molar-refractivity contribution < 1.29 is 4.79 Å². The van der Waals surface area contributed by atoms with Gasteiger partial charge in [-0.15, -0.1) is 0 Å². The highest BCUT2D eigenvalue weighted by Crippen LogP contribution is 2.19. The van der Waals surface area contributed by atoms with Crippen LogP contribution in [0.15, 0.2) is 30.3 Å². The van der Waals surface area contributed by atoms with Gasteiger partial charge in [0.25, 0.3) is 0 Å². The molecule has 2 amide bonds. The molecule has 0 aliphatic heterocycles. The summed E-state index contributed by atoms with van der Waals surface area (Å²) in [6, 6.07) is 9.76. The third kappa shape index (κ3) is 5.63. The number of carbonyl (C=O) groups excluding carboxylic acids is 1. The first kappa shape index (κ1) is 13.9. The first-order chi connectivity index (χ1) is 8.03. The van der Waals surface area contributed by atoms with Gasteiger partial charge in [0.05, 0.1) is 0 Å². The van der Waals surface area contributed by atoms with Gasteiger partial charge in [-0.1, -0.05) is 30.3 Å². The average molecular weight is 252 g/mol. The zero-order valence-corrected chi connectivity index (χ0v) is 11.4. The van der Waals surface area contributed by atoms with Crippen molar-refractivity contribution in [2.45, 2.75) is 25.1 Å². The minimum Gasteiger partial charge on any atom is -0.337 e. The van der Waals surface area contributed by atoms with Crippen molar-refractivity contribution >= 4 is 17.8 Å². The lowest BCUT2D eigenvalue weighted by molar-refractivity contribution is 0.239. The largest absolute Gasteiger partial charge is 0.337 e. The second-order valence-corrected chi connectivity index (χ2v) is 6.00. The van der Waals surface area contributed by atoms with Gasteiger partial charge in [0.2, 0.25) is 0 Å². The standard InChI is InChI=1S/C13H20N2OS/c1-13(2,17-3)10-15-12(16)14-9-11-7-5-4-6-8-11/h4-8H,9-10H2,1-3H3,(H2,14,15,16). The van der Waals surface area contributed by atoms with Crippen LogP contribution in [0.4, 0.5) is 4.79 Å². The molecule has 1 rings (SSSR count). The normalized spacial score (nSPS) is 11.0. The number of rotatable bonds is 5. The van der Waals surface area contributed by atoms with E-state index in [1.165, 1.54) is 0 Å². The summed E-state index contributed by atoms with van der Waals surface area (Å²) in [5, 5.41) is 5.71. The molecule has 4 heteroatoms. The van der Waals surface area contributed by atoms with Gasteiger partial charge >= 0.3 is 6.03 Å². The van der Waals surface area contributed by atoms with Crippen molar-refractivity contribution in [3.63, 3.8) is 0 Å². The molecule has 94 valence electrons. The van der Waals surface area contributed by atoms with E-state index < -0.39 is 0 Å². The van der Waals surface area contributed by atoms with Gasteiger partial charge in [0.1, 0.15) is 0 Å². The Hall–Kier alpha value is -1.16. The minimum absolute atomic E-state index is 0.0735. The number of thioether (sulfide) groups is 1. The molecule has 0 unspecified atom stereocenters. The van der Waals surface area contributed by atoms with E-state index in [1.54, 1.807) is 11.8 Å². The molecule has 3 nitrogen and oxygen atoms in total. The Morgan fingerprint density at radius 2 is 1.88 bits per heavy atom. The van der Waals surface area contributed by atoms with E-state index in [2.05, 4.69) is 24.5 Å². The number of hydrogen-bond acceptors (Lipinski definition) is 2. The number of hydrogen-bond donors (Lipinski definition) is 2. The third-order valence-corrected chi connectivity index (χ3v) is 3.77. The van der Waals surface area contributed by atoms with Crippen LogP contribution in [0.2, 0.25) is 0 Å². The van der Waals surface area contributed by atoms with Crippen molar-refractivity contribution in [1.29, 1.82) is 0 Å². The molecule has 0 spiro atoms. The maximum Gasteiger partial charge on any atom is 0.315 e. The molecule has 0 bridgehead atoms. The van der Waals surface area contributed by atoms with Gasteiger partial charge in [-0.2, -0.15) is 11.8 Å². The summed E-state index contributed by atoms with van der Waals surface area (Å²) in [5.74, 6) is 0. The number of amides is 2. The van der Waals surface area contributed by atoms with Crippen molar-refractivity contribution in [3.05, 3.63) is 35.9 Å². The van der Waals surface area contributed by atoms with Crippen molar-refractivity contribution in [1.82, 2.24) is 10.6 Å². The lowest BCUT2D eigenvalue weighted by Crippen LogP contribution is -2.41. The Morgan fingerprint density at radius 3 is 2.47 bits per heavy atom. The van der Waals surface area contributed by atoms with Crippen LogP contribution in [-0.2, 0) is 6.54 Å². The zero-order chi connectivity index (χ0) is 12.7. The summed E-state index contributed by atoms with van der Waals surface area (Å²) in [5.41, 5.74) is 1.10. The van der Waals surface area contributed by atoms with Crippen LogP contribution in [0.3, 0.4) is 0 Å². The van der Waals surface area contributed by atoms with Gasteiger partial charge in [0, 0.05) is 17.8 Å². The van der Waals surface area contributed by atoms with Crippen LogP contribution in [0, 0.1) is 0 Å². The van der Waals surface area contributed by atoms with Gasteiger partial charge in [0.15, 0.2) is 0 Å². The zero-order valence-electron chi connectivity index (χ0n) is 10.6. The highest BCUT2D eigenvalue weighted by molar-refractivity contribution is 7.99. The SMILES string of the molecule is CSC(C)(C)CNC(=O)NCc1ccccc1. The predicted molar refractivity (Wildman–Crippen MR) is 74.3 cm³/mol. The molecule has 1 aromatic rings. The molecule has 0 atom stereocenters. The predicted octanol–water partition coefficient (Wildman–Crippen LogP) is 2.63. The van der Waals surface area contributed by atoms with Crippen molar-refractivity contribution in [2.75, 3.05) is 12.8 Å². The molecule has 0 saturated heterocycles. The summed E-state index contributed by atoms with van der Waals surface area (Å²) < 4.78 is 0.0735. The summed E-state index contributed by atoms with van der Waals surface area (Å²) in [7, 11) is 0. The lowest BCUT2D eigenvalue weighted by Gasteiger charge is -2.22. The number of benzene rings is 1. The first-order valence-corrected chi connectivity index (χ1v) is 6.87. The third-order valence-electron chi connectivity index (χ3n) is 2.52. The van der Waals surface area contributed by atoms with E-state index in [4.69, 9.17) is 0 Å². The van der Waals surface area contributed by atoms with Crippen LogP contribution in [0.25, 0.3) is 0 Å². The Morgan fingerprint density at radius 1 is 1.24 bits per heavy atom. The molecule has 1 aromatic carbocycles. The fraction of sp³-hybridized carbons (Fsp3) is 0.462. The average Bonchev–Trinajstić information content (AvgIpc) is 2.35. The van der Waals surface area contributed by atoms with E-state index in [9.17, 15) is 4.79 Å². The summed E-state index contributed by atoms with van der Waals surface area (Å²) in [6.45, 7) is 5.44. The topological polar surface area (TPSA) is 41.1 Å². The highest BCUT2D eigenvalue weighted by atomic mass is 32.2. The smallest absolute Gasteiger partial charge is 0.315 e. The molecule has 0 saturated carbocycles. The van der Waals surface area contributed by atoms with Gasteiger partial charge in [-0.3, -0.25) is 0 Å². The fourth-order valence-electron chi connectivity index (χ4n) is 1.21. The molecular weight excluding hydrogens is 232 g/mol. The van der Waals surface area contributed by atoms with E-state index >= 15 is 0 Å². The quantitative estimate of drug-likeness (QED) is 0.846. The first-order valence-electron chi connectivity index (χ1n) is 5.64. The Kier molecular flexibility index (Phi) is 5.35. The molecule has 0 radical (unpaired) electrons. The van der Waals surface area contributed by atoms with E-state index in [0.29, 0.717) is 13.1 Å². The van der Waals surface area contributed by atoms with Crippen molar-refractivity contribution in [3.8, 4) is 0 Å². The minimum atomic E-state index is -0.115. The molecule has 0 aliphatic carbocycles. The Labute approximate surface area is 107 Å². The van der Waals surface area contributed by atoms with Crippen LogP contribution < -0.4 is 10.6 Å². The van der Waals surface area contributed by atoms with Crippen LogP contribution in [-0.4, -0.2) is 23.6 Å². The van der Waals surface area contributed by atoms with Crippen LogP contribution in [0.1, 0.15) is 19.4 Å². The van der Waals surface area contributed by atoms with Crippen molar-refractivity contribution in [2.24, 2.45) is 0 Å². The number of nitrogens with one attached hydrogen (secondary N) is 2. The monoisotopic (exact) mass is 252 g/mol. The van der Waals surface area contributed by atoms with E-state index in [1.807, 2.05) is 36.6 Å². The van der Waals surface area contributed by atoms with Gasteiger partial charge < -0.3 is 10.6 Å². The number of urea groups is 1. The van der Waals surface area contributed by atoms with Gasteiger partial charge in [-0.25, -0.2) is 4.79 Å². The molecule has 0 heterocycles. The summed E-state index contributed by atoms with van der Waals surface area (Å²) >= 11 is 1.74.